The molecule has 1 aliphatic rings. The fourth-order valence-corrected chi connectivity index (χ4v) is 4.40. The third kappa shape index (κ3) is 4.67. The molecule has 0 spiro atoms. The van der Waals surface area contributed by atoms with E-state index in [9.17, 15) is 18.0 Å². The van der Waals surface area contributed by atoms with Crippen LogP contribution in [0.4, 0.5) is 5.69 Å². The van der Waals surface area contributed by atoms with Gasteiger partial charge in [0.05, 0.1) is 16.1 Å². The third-order valence-corrected chi connectivity index (χ3v) is 6.37. The van der Waals surface area contributed by atoms with Gasteiger partial charge in [-0.2, -0.15) is 4.31 Å². The standard InChI is InChI=1S/C18H18ClN3O5S/c19-17-15(4-3-9-20-17)21-16(23)12-27-18(24)13-5-7-14(8-6-13)28(25,26)22-10-1-2-11-22/h3-9H,1-2,10-12H2,(H,21,23). The first kappa shape index (κ1) is 20.2. The fourth-order valence-electron chi connectivity index (χ4n) is 2.72. The highest BCUT2D eigenvalue weighted by atomic mass is 35.5. The van der Waals surface area contributed by atoms with E-state index in [2.05, 4.69) is 10.3 Å². The number of esters is 1. The van der Waals surface area contributed by atoms with Crippen LogP contribution in [0.5, 0.6) is 0 Å². The van der Waals surface area contributed by atoms with Gasteiger partial charge in [0.1, 0.15) is 0 Å². The molecule has 0 unspecified atom stereocenters. The van der Waals surface area contributed by atoms with Gasteiger partial charge in [-0.15, -0.1) is 0 Å². The van der Waals surface area contributed by atoms with Gasteiger partial charge in [0.2, 0.25) is 10.0 Å². The molecular weight excluding hydrogens is 406 g/mol. The molecule has 1 N–H and O–H groups in total. The molecule has 148 valence electrons. The minimum absolute atomic E-state index is 0.120. The average molecular weight is 424 g/mol. The van der Waals surface area contributed by atoms with Gasteiger partial charge in [-0.25, -0.2) is 18.2 Å². The first-order chi connectivity index (χ1) is 13.4. The maximum Gasteiger partial charge on any atom is 0.338 e. The lowest BCUT2D eigenvalue weighted by atomic mass is 10.2. The molecule has 1 aromatic carbocycles. The van der Waals surface area contributed by atoms with Gasteiger partial charge < -0.3 is 10.1 Å². The van der Waals surface area contributed by atoms with Crippen LogP contribution in [0.2, 0.25) is 5.15 Å². The SMILES string of the molecule is O=C(COC(=O)c1ccc(S(=O)(=O)N2CCCC2)cc1)Nc1cccnc1Cl. The number of pyridine rings is 1. The van der Waals surface area contributed by atoms with E-state index in [-0.39, 0.29) is 15.6 Å². The number of sulfonamides is 1. The Morgan fingerprint density at radius 2 is 1.82 bits per heavy atom. The minimum Gasteiger partial charge on any atom is -0.452 e. The number of hydrogen-bond acceptors (Lipinski definition) is 6. The molecule has 1 fully saturated rings. The lowest BCUT2D eigenvalue weighted by molar-refractivity contribution is -0.119. The summed E-state index contributed by atoms with van der Waals surface area (Å²) in [5.41, 5.74) is 0.453. The minimum atomic E-state index is -3.55. The van der Waals surface area contributed by atoms with Gasteiger partial charge in [-0.3, -0.25) is 4.79 Å². The Balaban J connectivity index is 1.57. The maximum atomic E-state index is 12.5. The van der Waals surface area contributed by atoms with Crippen molar-refractivity contribution < 1.29 is 22.7 Å². The summed E-state index contributed by atoms with van der Waals surface area (Å²) in [6.07, 6.45) is 3.16. The van der Waals surface area contributed by atoms with E-state index >= 15 is 0 Å². The summed E-state index contributed by atoms with van der Waals surface area (Å²) in [6, 6.07) is 8.61. The molecule has 1 aromatic heterocycles. The van der Waals surface area contributed by atoms with E-state index in [1.807, 2.05) is 0 Å². The van der Waals surface area contributed by atoms with Crippen LogP contribution >= 0.6 is 11.6 Å². The van der Waals surface area contributed by atoms with E-state index in [4.69, 9.17) is 16.3 Å². The van der Waals surface area contributed by atoms with Crippen LogP contribution in [0.3, 0.4) is 0 Å². The molecule has 2 aromatic rings. The van der Waals surface area contributed by atoms with Gasteiger partial charge in [0.15, 0.2) is 11.8 Å². The molecule has 0 radical (unpaired) electrons. The number of nitrogens with one attached hydrogen (secondary N) is 1. The molecule has 2 heterocycles. The van der Waals surface area contributed by atoms with E-state index < -0.39 is 28.5 Å². The van der Waals surface area contributed by atoms with Crippen molar-refractivity contribution in [2.75, 3.05) is 25.0 Å². The van der Waals surface area contributed by atoms with Crippen LogP contribution in [0.25, 0.3) is 0 Å². The zero-order valence-corrected chi connectivity index (χ0v) is 16.4. The normalized spacial score (nSPS) is 14.6. The van der Waals surface area contributed by atoms with Crippen molar-refractivity contribution >= 4 is 39.2 Å². The van der Waals surface area contributed by atoms with Gasteiger partial charge >= 0.3 is 5.97 Å². The Morgan fingerprint density at radius 1 is 1.14 bits per heavy atom. The smallest absolute Gasteiger partial charge is 0.338 e. The van der Waals surface area contributed by atoms with Crippen LogP contribution in [-0.4, -0.2) is 49.3 Å². The van der Waals surface area contributed by atoms with Crippen molar-refractivity contribution in [3.63, 3.8) is 0 Å². The number of carbonyl (C=O) groups is 2. The molecule has 10 heteroatoms. The van der Waals surface area contributed by atoms with E-state index in [1.54, 1.807) is 12.1 Å². The summed E-state index contributed by atoms with van der Waals surface area (Å²) in [5, 5.41) is 2.60. The Hall–Kier alpha value is -2.49. The monoisotopic (exact) mass is 423 g/mol. The summed E-state index contributed by atoms with van der Waals surface area (Å²) in [7, 11) is -3.55. The zero-order valence-electron chi connectivity index (χ0n) is 14.8. The Bertz CT molecular complexity index is 973. The summed E-state index contributed by atoms with van der Waals surface area (Å²) in [6.45, 7) is 0.488. The van der Waals surface area contributed by atoms with Crippen molar-refractivity contribution in [3.8, 4) is 0 Å². The Morgan fingerprint density at radius 3 is 2.46 bits per heavy atom. The second kappa shape index (κ2) is 8.68. The molecule has 1 aliphatic heterocycles. The predicted octanol–water partition coefficient (Wildman–Crippen LogP) is 2.31. The van der Waals surface area contributed by atoms with E-state index in [0.29, 0.717) is 18.8 Å². The van der Waals surface area contributed by atoms with Gasteiger partial charge in [-0.05, 0) is 49.2 Å². The number of hydrogen-bond donors (Lipinski definition) is 1. The number of nitrogens with zero attached hydrogens (tertiary/aromatic N) is 2. The van der Waals surface area contributed by atoms with Gasteiger partial charge in [0, 0.05) is 19.3 Å². The second-order valence-electron chi connectivity index (χ2n) is 6.10. The molecule has 1 saturated heterocycles. The lowest BCUT2D eigenvalue weighted by Gasteiger charge is -2.15. The molecule has 0 bridgehead atoms. The first-order valence-corrected chi connectivity index (χ1v) is 10.4. The number of halogens is 1. The Labute approximate surface area is 167 Å². The zero-order chi connectivity index (χ0) is 20.1. The number of anilines is 1. The fraction of sp³-hybridized carbons (Fsp3) is 0.278. The maximum absolute atomic E-state index is 12.5. The van der Waals surface area contributed by atoms with Crippen LogP contribution in [0, 0.1) is 0 Å². The highest BCUT2D eigenvalue weighted by molar-refractivity contribution is 7.89. The van der Waals surface area contributed by atoms with E-state index in [1.165, 1.54) is 34.8 Å². The first-order valence-electron chi connectivity index (χ1n) is 8.55. The third-order valence-electron chi connectivity index (χ3n) is 4.16. The van der Waals surface area contributed by atoms with Gasteiger partial charge in [-0.1, -0.05) is 11.6 Å². The predicted molar refractivity (Wildman–Crippen MR) is 103 cm³/mol. The molecule has 3 rings (SSSR count). The highest BCUT2D eigenvalue weighted by Crippen LogP contribution is 2.21. The molecule has 0 atom stereocenters. The quantitative estimate of drug-likeness (QED) is 0.564. The number of benzene rings is 1. The number of ether oxygens (including phenoxy) is 1. The largest absolute Gasteiger partial charge is 0.452 e. The number of carbonyl (C=O) groups excluding carboxylic acids is 2. The van der Waals surface area contributed by atoms with Crippen LogP contribution < -0.4 is 5.32 Å². The van der Waals surface area contributed by atoms with E-state index in [0.717, 1.165) is 12.8 Å². The summed E-state index contributed by atoms with van der Waals surface area (Å²) in [5.74, 6) is -1.31. The number of amides is 1. The van der Waals surface area contributed by atoms with Crippen molar-refractivity contribution in [2.24, 2.45) is 0 Å². The Kier molecular flexibility index (Phi) is 6.28. The van der Waals surface area contributed by atoms with Crippen molar-refractivity contribution in [1.29, 1.82) is 0 Å². The van der Waals surface area contributed by atoms with Crippen LogP contribution in [0.15, 0.2) is 47.5 Å². The topological polar surface area (TPSA) is 106 Å². The van der Waals surface area contributed by atoms with Crippen molar-refractivity contribution in [1.82, 2.24) is 9.29 Å². The molecule has 0 saturated carbocycles. The molecule has 0 aliphatic carbocycles. The second-order valence-corrected chi connectivity index (χ2v) is 8.40. The van der Waals surface area contributed by atoms with Crippen molar-refractivity contribution in [2.45, 2.75) is 17.7 Å². The molecule has 1 amide bonds. The van der Waals surface area contributed by atoms with Crippen molar-refractivity contribution in [3.05, 3.63) is 53.3 Å². The van der Waals surface area contributed by atoms with Crippen LogP contribution in [-0.2, 0) is 19.6 Å². The summed E-state index contributed by atoms with van der Waals surface area (Å²) in [4.78, 5) is 27.9. The number of rotatable bonds is 6. The molecule has 8 nitrogen and oxygen atoms in total. The number of aromatic nitrogens is 1. The summed E-state index contributed by atoms with van der Waals surface area (Å²) >= 11 is 5.84. The van der Waals surface area contributed by atoms with Crippen LogP contribution in [0.1, 0.15) is 23.2 Å². The highest BCUT2D eigenvalue weighted by Gasteiger charge is 2.27. The average Bonchev–Trinajstić information content (AvgIpc) is 3.24. The molecular formula is C18H18ClN3O5S. The van der Waals surface area contributed by atoms with Gasteiger partial charge in [0.25, 0.3) is 5.91 Å². The summed E-state index contributed by atoms with van der Waals surface area (Å²) < 4.78 is 31.3. The molecule has 28 heavy (non-hydrogen) atoms. The lowest BCUT2D eigenvalue weighted by Crippen LogP contribution is -2.27.